The molecule has 11 aromatic rings. The van der Waals surface area contributed by atoms with Crippen LogP contribution < -0.4 is 38.4 Å². The molecule has 0 radical (unpaired) electrons. The number of aliphatic hydroxyl groups excluding tert-OH is 1. The first kappa shape index (κ1) is 83.4. The van der Waals surface area contributed by atoms with Gasteiger partial charge >= 0.3 is 0 Å². The molecule has 13 rings (SSSR count). The summed E-state index contributed by atoms with van der Waals surface area (Å²) in [5.41, 5.74) is 15.0. The SMILES string of the molecule is C=C(Oc1c(C(C)C)cccc1C(C)C)/C(=C\c1cc2nc3[n-]c([nH+]c4cc(nc5nc(nc1[nH]2)-c1cc(Oc2c(C(C)C)cccc2C(C)C)c(Oc2c(C(C)C)cccc2C(C)C)cc1-5)C(O)=CC4=O)c1cc(Oc2c(C(C)C)cccc2C(C)C)c(Oc2c(C(C)C)cccc2C(C)C)cc31)Oc1c(C(C)C)cccc1C(C)C. The summed E-state index contributed by atoms with van der Waals surface area (Å²) in [6.07, 6.45) is 3.06. The highest BCUT2D eigenvalue weighted by molar-refractivity contribution is 6.09. The smallest absolute Gasteiger partial charge is 0.205 e. The molecule has 0 saturated heterocycles. The Balaban J connectivity index is 1.19. The minimum atomic E-state index is -0.531. The second kappa shape index (κ2) is 34.3. The molecule has 0 fully saturated rings. The monoisotopic (exact) mass is 1570 g/mol. The first-order valence-electron chi connectivity index (χ1n) is 41.9. The maximum atomic E-state index is 14.8. The fourth-order valence-corrected chi connectivity index (χ4v) is 15.5. The predicted molar refractivity (Wildman–Crippen MR) is 475 cm³/mol. The van der Waals surface area contributed by atoms with Crippen LogP contribution in [0.4, 0.5) is 0 Å². The van der Waals surface area contributed by atoms with Gasteiger partial charge in [-0.15, -0.1) is 0 Å². The Labute approximate surface area is 691 Å². The largest absolute Gasteiger partial charge is 0.506 e. The van der Waals surface area contributed by atoms with Crippen LogP contribution >= 0.6 is 0 Å². The second-order valence-corrected chi connectivity index (χ2v) is 35.0. The number of rotatable bonds is 26. The summed E-state index contributed by atoms with van der Waals surface area (Å²) in [5.74, 6) is 6.79. The Morgan fingerprint density at radius 2 is 0.726 bits per heavy atom. The maximum absolute atomic E-state index is 14.8. The second-order valence-electron chi connectivity index (χ2n) is 35.0. The summed E-state index contributed by atoms with van der Waals surface area (Å²) in [7, 11) is 0. The number of benzene rings is 8. The molecule has 606 valence electrons. The van der Waals surface area contributed by atoms with E-state index >= 15 is 0 Å². The van der Waals surface area contributed by atoms with Crippen LogP contribution in [0.3, 0.4) is 0 Å². The average Bonchev–Trinajstić information content (AvgIpc) is 1.69. The van der Waals surface area contributed by atoms with Gasteiger partial charge in [0.25, 0.3) is 0 Å². The quantitative estimate of drug-likeness (QED) is 0.0385. The van der Waals surface area contributed by atoms with Gasteiger partial charge in [-0.3, -0.25) is 4.79 Å². The minimum absolute atomic E-state index is 0.0302. The van der Waals surface area contributed by atoms with E-state index in [1.165, 1.54) is 6.07 Å². The van der Waals surface area contributed by atoms with Crippen molar-refractivity contribution in [2.24, 2.45) is 0 Å². The number of aromatic amines is 2. The highest BCUT2D eigenvalue weighted by Crippen LogP contribution is 2.52. The van der Waals surface area contributed by atoms with Gasteiger partial charge in [-0.1, -0.05) is 282 Å². The summed E-state index contributed by atoms with van der Waals surface area (Å²) in [4.78, 5) is 49.3. The normalized spacial score (nSPS) is 12.7. The molecule has 2 aliphatic rings. The third-order valence-electron chi connectivity index (χ3n) is 22.2. The number of hydrogen-bond acceptors (Lipinski definition) is 12. The molecule has 15 heteroatoms. The molecule has 8 bridgehead atoms. The fraction of sp³-hybridized carbons (Fsp3) is 0.353. The molecular weight excluding hydrogens is 1450 g/mol. The molecule has 0 atom stereocenters. The number of carbonyl (C=O) groups excluding carboxylic acids is 1. The van der Waals surface area contributed by atoms with E-state index in [9.17, 15) is 9.90 Å². The van der Waals surface area contributed by atoms with Gasteiger partial charge in [-0.05, 0) is 180 Å². The summed E-state index contributed by atoms with van der Waals surface area (Å²) in [5, 5.41) is 13.4. The molecule has 0 saturated carbocycles. The summed E-state index contributed by atoms with van der Waals surface area (Å²) in [6.45, 7) is 56.8. The number of aromatic nitrogens is 7. The molecule has 3 N–H and O–H groups in total. The highest BCUT2D eigenvalue weighted by Gasteiger charge is 2.32. The van der Waals surface area contributed by atoms with E-state index in [0.29, 0.717) is 84.8 Å². The van der Waals surface area contributed by atoms with Gasteiger partial charge in [0.05, 0.1) is 5.69 Å². The summed E-state index contributed by atoms with van der Waals surface area (Å²) >= 11 is 0. The number of aliphatic hydroxyl groups is 1. The number of para-hydroxylation sites is 6. The number of fused-ring (bicyclic) bond motifs is 14. The molecule has 1 aliphatic heterocycles. The van der Waals surface area contributed by atoms with Gasteiger partial charge in [0.2, 0.25) is 5.78 Å². The number of ether oxygens (including phenoxy) is 6. The van der Waals surface area contributed by atoms with Crippen molar-refractivity contribution in [3.05, 3.63) is 253 Å². The Morgan fingerprint density at radius 3 is 1.09 bits per heavy atom. The Hall–Kier alpha value is -11.6. The van der Waals surface area contributed by atoms with Crippen molar-refractivity contribution in [1.29, 1.82) is 0 Å². The molecule has 0 spiro atoms. The number of ketones is 1. The Kier molecular flexibility index (Phi) is 24.4. The molecule has 15 nitrogen and oxygen atoms in total. The van der Waals surface area contributed by atoms with E-state index in [1.54, 1.807) is 0 Å². The number of carbonyl (C=O) groups is 1. The van der Waals surface area contributed by atoms with Gasteiger partial charge in [0.1, 0.15) is 62.9 Å². The Morgan fingerprint density at radius 1 is 0.402 bits per heavy atom. The van der Waals surface area contributed by atoms with Crippen LogP contribution in [0, 0.1) is 0 Å². The van der Waals surface area contributed by atoms with Crippen molar-refractivity contribution < 1.29 is 43.3 Å². The van der Waals surface area contributed by atoms with Gasteiger partial charge in [0.15, 0.2) is 51.8 Å². The van der Waals surface area contributed by atoms with E-state index in [0.717, 1.165) is 90.1 Å². The lowest BCUT2D eigenvalue weighted by atomic mass is 9.93. The number of nitrogens with zero attached hydrogens (tertiary/aromatic N) is 5. The standard InChI is InChI=1S/C102H115N7O8/c1-52(2)66-32-26-33-67(53(3)4)92(66)112-64(25)86(113-93-68(54(5)6)34-27-35-69(93)55(7)8)44-65-45-91-105-98(65)107-102-81-49-90(117-97-76(62(21)22)42-31-43-77(97)63(23)24)88(115-95-72(58(13)14)38-29-39-73(95)59(15)16)47-79(81)100(109-102)104-83-50-82(84(110)51-85(83)111)103-99-78-46-87(114-94-70(56(9)10)36-28-37-71(94)57(11)12)89(48-80(78)101(106-91)108-99)116-96-74(60(17)18)40-30-41-75(96)61(19)20/h26-63H,25H2,1-24H3,(H3,103,104,105,106,107,108,109,110,111)/b86-44+. The molecule has 117 heavy (non-hydrogen) atoms. The van der Waals surface area contributed by atoms with Gasteiger partial charge < -0.3 is 43.5 Å². The van der Waals surface area contributed by atoms with Crippen LogP contribution in [0.5, 0.6) is 57.5 Å². The summed E-state index contributed by atoms with van der Waals surface area (Å²) in [6, 6.07) is 49.1. The zero-order valence-corrected chi connectivity index (χ0v) is 72.7. The van der Waals surface area contributed by atoms with Crippen LogP contribution in [-0.4, -0.2) is 35.8 Å². The van der Waals surface area contributed by atoms with Crippen molar-refractivity contribution >= 4 is 51.0 Å². The average molecular weight is 1570 g/mol. The van der Waals surface area contributed by atoms with E-state index in [1.807, 2.05) is 36.4 Å². The van der Waals surface area contributed by atoms with Gasteiger partial charge in [-0.25, -0.2) is 24.9 Å². The Bertz CT molecular complexity index is 5740. The molecule has 0 amide bonds. The van der Waals surface area contributed by atoms with Crippen molar-refractivity contribution in [2.45, 2.75) is 237 Å². The lowest BCUT2D eigenvalue weighted by Gasteiger charge is -2.24. The van der Waals surface area contributed by atoms with Crippen molar-refractivity contribution in [2.75, 3.05) is 0 Å². The number of nitrogens with one attached hydrogen (secondary N) is 2. The lowest BCUT2D eigenvalue weighted by molar-refractivity contribution is -0.351. The third kappa shape index (κ3) is 17.2. The molecular formula is C102H115N7O8. The van der Waals surface area contributed by atoms with Crippen molar-refractivity contribution in [3.8, 4) is 80.3 Å². The van der Waals surface area contributed by atoms with E-state index in [-0.39, 0.29) is 117 Å². The fourth-order valence-electron chi connectivity index (χ4n) is 15.5. The number of H-pyrrole nitrogens is 2. The number of hydrogen-bond donors (Lipinski definition) is 2. The zero-order valence-electron chi connectivity index (χ0n) is 72.7. The number of allylic oxidation sites excluding steroid dienone is 1. The van der Waals surface area contributed by atoms with Crippen LogP contribution in [-0.2, 0) is 0 Å². The molecule has 4 heterocycles. The molecule has 0 unspecified atom stereocenters. The van der Waals surface area contributed by atoms with Crippen molar-refractivity contribution in [3.63, 3.8) is 0 Å². The lowest BCUT2D eigenvalue weighted by Crippen LogP contribution is -2.18. The van der Waals surface area contributed by atoms with Crippen LogP contribution in [0.15, 0.2) is 170 Å². The van der Waals surface area contributed by atoms with E-state index in [4.69, 9.17) is 59.9 Å². The predicted octanol–water partition coefficient (Wildman–Crippen LogP) is 28.5. The first-order valence-corrected chi connectivity index (χ1v) is 41.9. The summed E-state index contributed by atoms with van der Waals surface area (Å²) < 4.78 is 44.7. The first-order chi connectivity index (χ1) is 55.6. The van der Waals surface area contributed by atoms with E-state index < -0.39 is 5.78 Å². The van der Waals surface area contributed by atoms with Gasteiger partial charge in [-0.2, -0.15) is 0 Å². The molecule has 8 aromatic carbocycles. The van der Waals surface area contributed by atoms with Crippen LogP contribution in [0.2, 0.25) is 0 Å². The topological polar surface area (TPSA) is 188 Å². The molecule has 1 aliphatic carbocycles. The van der Waals surface area contributed by atoms with Crippen LogP contribution in [0.25, 0.3) is 68.0 Å². The van der Waals surface area contributed by atoms with Crippen LogP contribution in [0.1, 0.15) is 326 Å². The maximum Gasteiger partial charge on any atom is 0.205 e. The zero-order chi connectivity index (χ0) is 84.0. The van der Waals surface area contributed by atoms with Gasteiger partial charge in [0, 0.05) is 33.5 Å². The van der Waals surface area contributed by atoms with Crippen molar-refractivity contribution in [1.82, 2.24) is 29.9 Å². The molecule has 3 aromatic heterocycles. The highest BCUT2D eigenvalue weighted by atomic mass is 16.5. The minimum Gasteiger partial charge on any atom is -0.506 e. The third-order valence-corrected chi connectivity index (χ3v) is 22.2. The van der Waals surface area contributed by atoms with E-state index in [2.05, 4.69) is 285 Å².